The molecule has 3 aromatic heterocycles. The van der Waals surface area contributed by atoms with E-state index in [0.29, 0.717) is 12.1 Å². The van der Waals surface area contributed by atoms with E-state index in [1.165, 1.54) is 36.1 Å². The van der Waals surface area contributed by atoms with Crippen molar-refractivity contribution in [2.24, 2.45) is 0 Å². The van der Waals surface area contributed by atoms with Crippen molar-refractivity contribution in [1.82, 2.24) is 14.1 Å². The van der Waals surface area contributed by atoms with Crippen molar-refractivity contribution in [3.05, 3.63) is 98.6 Å². The van der Waals surface area contributed by atoms with Gasteiger partial charge in [0.2, 0.25) is 0 Å². The number of ether oxygens (including phenoxy) is 1. The fraction of sp³-hybridized carbons (Fsp3) is 0.158. The topological polar surface area (TPSA) is 83.2 Å². The van der Waals surface area contributed by atoms with Gasteiger partial charge in [-0.15, -0.1) is 0 Å². The normalized spacial score (nSPS) is 10.5. The van der Waals surface area contributed by atoms with Crippen molar-refractivity contribution in [3.8, 4) is 0 Å². The molecule has 26 heavy (non-hydrogen) atoms. The molecule has 0 N–H and O–H groups in total. The van der Waals surface area contributed by atoms with Crippen LogP contribution in [0, 0.1) is 0 Å². The summed E-state index contributed by atoms with van der Waals surface area (Å²) in [5, 5.41) is 0. The fourth-order valence-electron chi connectivity index (χ4n) is 2.50. The van der Waals surface area contributed by atoms with Crippen LogP contribution < -0.4 is 11.1 Å². The summed E-state index contributed by atoms with van der Waals surface area (Å²) in [6.45, 7) is 0.653. The first kappa shape index (κ1) is 17.3. The summed E-state index contributed by atoms with van der Waals surface area (Å²) in [5.74, 6) is -0.500. The number of rotatable bonds is 5. The minimum atomic E-state index is -0.500. The molecule has 0 spiro atoms. The molecule has 7 nitrogen and oxygen atoms in total. The van der Waals surface area contributed by atoms with Crippen molar-refractivity contribution in [2.75, 3.05) is 7.11 Å². The van der Waals surface area contributed by atoms with E-state index >= 15 is 0 Å². The maximum Gasteiger partial charge on any atom is 0.339 e. The van der Waals surface area contributed by atoms with Gasteiger partial charge in [-0.3, -0.25) is 14.6 Å². The molecule has 0 aliphatic rings. The van der Waals surface area contributed by atoms with Crippen molar-refractivity contribution >= 4 is 5.97 Å². The molecule has 0 saturated carbocycles. The third kappa shape index (κ3) is 3.94. The highest BCUT2D eigenvalue weighted by molar-refractivity contribution is 5.88. The number of hydrogen-bond acceptors (Lipinski definition) is 5. The van der Waals surface area contributed by atoms with Gasteiger partial charge >= 0.3 is 5.97 Å². The third-order valence-corrected chi connectivity index (χ3v) is 3.87. The van der Waals surface area contributed by atoms with Crippen LogP contribution in [0.25, 0.3) is 0 Å². The van der Waals surface area contributed by atoms with E-state index in [9.17, 15) is 14.4 Å². The Morgan fingerprint density at radius 2 is 1.81 bits per heavy atom. The summed E-state index contributed by atoms with van der Waals surface area (Å²) >= 11 is 0. The van der Waals surface area contributed by atoms with Gasteiger partial charge in [-0.05, 0) is 23.8 Å². The van der Waals surface area contributed by atoms with Crippen molar-refractivity contribution in [2.45, 2.75) is 13.1 Å². The molecular weight excluding hydrogens is 334 g/mol. The van der Waals surface area contributed by atoms with Crippen LogP contribution in [0.15, 0.2) is 70.6 Å². The standard InChI is InChI=1S/C19H17N3O4/c1-26-19(25)15-6-8-18(24)22(12-15)11-14-5-7-16(20-10-14)13-21-9-3-2-4-17(21)23/h2-10,12H,11,13H2,1H3. The van der Waals surface area contributed by atoms with Crippen LogP contribution in [-0.4, -0.2) is 27.2 Å². The van der Waals surface area contributed by atoms with Crippen LogP contribution in [-0.2, 0) is 17.8 Å². The van der Waals surface area contributed by atoms with Crippen LogP contribution in [0.5, 0.6) is 0 Å². The molecule has 0 aliphatic heterocycles. The van der Waals surface area contributed by atoms with E-state index in [-0.39, 0.29) is 17.7 Å². The molecule has 7 heteroatoms. The van der Waals surface area contributed by atoms with Gasteiger partial charge < -0.3 is 13.9 Å². The Hall–Kier alpha value is -3.48. The van der Waals surface area contributed by atoms with Gasteiger partial charge in [-0.1, -0.05) is 12.1 Å². The van der Waals surface area contributed by atoms with E-state index in [4.69, 9.17) is 0 Å². The van der Waals surface area contributed by atoms with E-state index in [1.807, 2.05) is 12.1 Å². The molecular formula is C19H17N3O4. The van der Waals surface area contributed by atoms with Gasteiger partial charge in [0.05, 0.1) is 31.5 Å². The lowest BCUT2D eigenvalue weighted by Gasteiger charge is -2.09. The number of pyridine rings is 3. The first-order valence-corrected chi connectivity index (χ1v) is 7.95. The fourth-order valence-corrected chi connectivity index (χ4v) is 2.50. The zero-order valence-corrected chi connectivity index (χ0v) is 14.2. The Morgan fingerprint density at radius 3 is 2.50 bits per heavy atom. The molecule has 0 aliphatic carbocycles. The highest BCUT2D eigenvalue weighted by Gasteiger charge is 2.08. The second-order valence-electron chi connectivity index (χ2n) is 5.70. The first-order valence-electron chi connectivity index (χ1n) is 7.95. The average Bonchev–Trinajstić information content (AvgIpc) is 2.66. The Bertz CT molecular complexity index is 1040. The summed E-state index contributed by atoms with van der Waals surface area (Å²) in [5.41, 5.74) is 1.53. The Morgan fingerprint density at radius 1 is 1.00 bits per heavy atom. The summed E-state index contributed by atoms with van der Waals surface area (Å²) in [7, 11) is 1.29. The molecule has 3 aromatic rings. The summed E-state index contributed by atoms with van der Waals surface area (Å²) < 4.78 is 7.65. The number of hydrogen-bond donors (Lipinski definition) is 0. The second kappa shape index (κ2) is 7.60. The number of aromatic nitrogens is 3. The number of esters is 1. The van der Waals surface area contributed by atoms with E-state index in [2.05, 4.69) is 9.72 Å². The lowest BCUT2D eigenvalue weighted by molar-refractivity contribution is 0.0599. The van der Waals surface area contributed by atoms with Crippen LogP contribution >= 0.6 is 0 Å². The Labute approximate surface area is 149 Å². The maximum atomic E-state index is 12.0. The summed E-state index contributed by atoms with van der Waals surface area (Å²) in [4.78, 5) is 39.7. The molecule has 0 amide bonds. The predicted molar refractivity (Wildman–Crippen MR) is 95.2 cm³/mol. The monoisotopic (exact) mass is 351 g/mol. The maximum absolute atomic E-state index is 12.0. The van der Waals surface area contributed by atoms with Gasteiger partial charge in [0, 0.05) is 30.7 Å². The molecule has 0 fully saturated rings. The first-order chi connectivity index (χ1) is 12.6. The molecule has 0 atom stereocenters. The zero-order valence-electron chi connectivity index (χ0n) is 14.2. The molecule has 0 aromatic carbocycles. The van der Waals surface area contributed by atoms with Crippen molar-refractivity contribution < 1.29 is 9.53 Å². The summed E-state index contributed by atoms with van der Waals surface area (Å²) in [6, 6.07) is 11.4. The van der Waals surface area contributed by atoms with Crippen LogP contribution in [0.1, 0.15) is 21.6 Å². The van der Waals surface area contributed by atoms with Crippen molar-refractivity contribution in [1.29, 1.82) is 0 Å². The van der Waals surface area contributed by atoms with Gasteiger partial charge in [0.25, 0.3) is 11.1 Å². The quantitative estimate of drug-likeness (QED) is 0.647. The number of carbonyl (C=O) groups excluding carboxylic acids is 1. The molecule has 3 rings (SSSR count). The van der Waals surface area contributed by atoms with E-state index in [0.717, 1.165) is 11.3 Å². The molecule has 0 radical (unpaired) electrons. The average molecular weight is 351 g/mol. The largest absolute Gasteiger partial charge is 0.465 e. The second-order valence-corrected chi connectivity index (χ2v) is 5.70. The molecule has 0 unspecified atom stereocenters. The number of nitrogens with zero attached hydrogens (tertiary/aromatic N) is 3. The smallest absolute Gasteiger partial charge is 0.339 e. The van der Waals surface area contributed by atoms with Crippen LogP contribution in [0.3, 0.4) is 0 Å². The van der Waals surface area contributed by atoms with E-state index in [1.54, 1.807) is 29.1 Å². The van der Waals surface area contributed by atoms with Crippen molar-refractivity contribution in [3.63, 3.8) is 0 Å². The van der Waals surface area contributed by atoms with Crippen LogP contribution in [0.4, 0.5) is 0 Å². The lowest BCUT2D eigenvalue weighted by atomic mass is 10.2. The molecule has 0 saturated heterocycles. The highest BCUT2D eigenvalue weighted by atomic mass is 16.5. The van der Waals surface area contributed by atoms with E-state index < -0.39 is 5.97 Å². The lowest BCUT2D eigenvalue weighted by Crippen LogP contribution is -2.21. The third-order valence-electron chi connectivity index (χ3n) is 3.87. The number of carbonyl (C=O) groups is 1. The zero-order chi connectivity index (χ0) is 18.5. The molecule has 3 heterocycles. The predicted octanol–water partition coefficient (Wildman–Crippen LogP) is 1.29. The van der Waals surface area contributed by atoms with Gasteiger partial charge in [0.15, 0.2) is 0 Å². The van der Waals surface area contributed by atoms with Gasteiger partial charge in [0.1, 0.15) is 0 Å². The SMILES string of the molecule is COC(=O)c1ccc(=O)n(Cc2ccc(Cn3ccccc3=O)nc2)c1. The Balaban J connectivity index is 1.78. The molecule has 0 bridgehead atoms. The summed E-state index contributed by atoms with van der Waals surface area (Å²) in [6.07, 6.45) is 4.82. The minimum absolute atomic E-state index is 0.0930. The molecule has 132 valence electrons. The highest BCUT2D eigenvalue weighted by Crippen LogP contribution is 2.05. The Kier molecular flexibility index (Phi) is 5.07. The number of methoxy groups -OCH3 is 1. The van der Waals surface area contributed by atoms with Gasteiger partial charge in [-0.2, -0.15) is 0 Å². The van der Waals surface area contributed by atoms with Gasteiger partial charge in [-0.25, -0.2) is 4.79 Å². The minimum Gasteiger partial charge on any atom is -0.465 e. The van der Waals surface area contributed by atoms with Crippen LogP contribution in [0.2, 0.25) is 0 Å².